The van der Waals surface area contributed by atoms with Gasteiger partial charge in [0.15, 0.2) is 0 Å². The van der Waals surface area contributed by atoms with Crippen molar-refractivity contribution in [3.8, 4) is 0 Å². The topological polar surface area (TPSA) is 35.6 Å². The fraction of sp³-hybridized carbons (Fsp3) is 0.450. The van der Waals surface area contributed by atoms with Crippen molar-refractivity contribution in [3.63, 3.8) is 0 Å². The summed E-state index contributed by atoms with van der Waals surface area (Å²) in [5.74, 6) is 0.598. The first-order chi connectivity index (χ1) is 11.7. The molecule has 4 heteroatoms. The van der Waals surface area contributed by atoms with Crippen LogP contribution in [0.5, 0.6) is 0 Å². The third-order valence-corrected chi connectivity index (χ3v) is 4.94. The predicted molar refractivity (Wildman–Crippen MR) is 99.0 cm³/mol. The van der Waals surface area contributed by atoms with Gasteiger partial charge in [0.05, 0.1) is 0 Å². The van der Waals surface area contributed by atoms with Crippen LogP contribution >= 0.6 is 0 Å². The Bertz CT molecular complexity index is 700. The number of fused-ring (bicyclic) bond motifs is 1. The lowest BCUT2D eigenvalue weighted by Gasteiger charge is -2.20. The number of hydrogen-bond acceptors (Lipinski definition) is 2. The molecule has 2 aromatic rings. The van der Waals surface area contributed by atoms with Gasteiger partial charge in [-0.2, -0.15) is 0 Å². The Kier molecular flexibility index (Phi) is 5.36. The minimum atomic E-state index is 0.0600. The monoisotopic (exact) mass is 325 g/mol. The standard InChI is InChI=1S/C20H27N3O/c1-3-22(2)14-17-10-11-23(15-17)20(24)21-13-16-8-9-18-6-4-5-7-19(18)12-16/h4-9,12,17H,3,10-11,13-15H2,1-2H3,(H,21,24). The molecule has 24 heavy (non-hydrogen) atoms. The summed E-state index contributed by atoms with van der Waals surface area (Å²) in [5.41, 5.74) is 1.14. The molecule has 0 radical (unpaired) electrons. The lowest BCUT2D eigenvalue weighted by molar-refractivity contribution is 0.204. The van der Waals surface area contributed by atoms with E-state index in [1.54, 1.807) is 0 Å². The molecule has 1 unspecified atom stereocenters. The molecule has 1 saturated heterocycles. The van der Waals surface area contributed by atoms with Gasteiger partial charge in [0.1, 0.15) is 0 Å². The average Bonchev–Trinajstić information content (AvgIpc) is 3.08. The molecule has 0 aromatic heterocycles. The van der Waals surface area contributed by atoms with E-state index in [1.165, 1.54) is 10.8 Å². The van der Waals surface area contributed by atoms with Gasteiger partial charge < -0.3 is 15.1 Å². The quantitative estimate of drug-likeness (QED) is 0.915. The Morgan fingerprint density at radius 3 is 2.83 bits per heavy atom. The highest BCUT2D eigenvalue weighted by atomic mass is 16.2. The number of nitrogens with one attached hydrogen (secondary N) is 1. The third kappa shape index (κ3) is 4.06. The second-order valence-electron chi connectivity index (χ2n) is 6.80. The zero-order chi connectivity index (χ0) is 16.9. The summed E-state index contributed by atoms with van der Waals surface area (Å²) in [6.07, 6.45) is 1.10. The summed E-state index contributed by atoms with van der Waals surface area (Å²) in [7, 11) is 2.14. The van der Waals surface area contributed by atoms with E-state index in [-0.39, 0.29) is 6.03 Å². The Labute approximate surface area is 144 Å². The van der Waals surface area contributed by atoms with Crippen LogP contribution in [0, 0.1) is 5.92 Å². The van der Waals surface area contributed by atoms with Gasteiger partial charge in [0, 0.05) is 26.2 Å². The van der Waals surface area contributed by atoms with Crippen LogP contribution in [-0.4, -0.2) is 49.1 Å². The Hall–Kier alpha value is -2.07. The molecular formula is C20H27N3O. The Balaban J connectivity index is 1.51. The number of amides is 2. The summed E-state index contributed by atoms with van der Waals surface area (Å²) in [5, 5.41) is 5.51. The number of rotatable bonds is 5. The maximum absolute atomic E-state index is 12.4. The molecule has 4 nitrogen and oxygen atoms in total. The fourth-order valence-corrected chi connectivity index (χ4v) is 3.37. The van der Waals surface area contributed by atoms with Crippen LogP contribution in [0.25, 0.3) is 10.8 Å². The minimum absolute atomic E-state index is 0.0600. The van der Waals surface area contributed by atoms with Crippen molar-refractivity contribution >= 4 is 16.8 Å². The minimum Gasteiger partial charge on any atom is -0.334 e. The number of nitrogens with zero attached hydrogens (tertiary/aromatic N) is 2. The number of urea groups is 1. The summed E-state index contributed by atoms with van der Waals surface area (Å²) >= 11 is 0. The van der Waals surface area contributed by atoms with Gasteiger partial charge in [-0.25, -0.2) is 4.79 Å². The molecular weight excluding hydrogens is 298 g/mol. The van der Waals surface area contributed by atoms with E-state index in [2.05, 4.69) is 54.5 Å². The van der Waals surface area contributed by atoms with Gasteiger partial charge in [0.2, 0.25) is 0 Å². The maximum atomic E-state index is 12.4. The van der Waals surface area contributed by atoms with Gasteiger partial charge >= 0.3 is 6.03 Å². The normalized spacial score (nSPS) is 17.6. The SMILES string of the molecule is CCN(C)CC1CCN(C(=O)NCc2ccc3ccccc3c2)C1. The molecule has 1 N–H and O–H groups in total. The van der Waals surface area contributed by atoms with E-state index in [1.807, 2.05) is 17.0 Å². The number of carbonyl (C=O) groups is 1. The van der Waals surface area contributed by atoms with E-state index >= 15 is 0 Å². The van der Waals surface area contributed by atoms with Gasteiger partial charge in [-0.15, -0.1) is 0 Å². The van der Waals surface area contributed by atoms with Crippen LogP contribution in [0.4, 0.5) is 4.79 Å². The van der Waals surface area contributed by atoms with Gasteiger partial charge in [-0.1, -0.05) is 43.3 Å². The smallest absolute Gasteiger partial charge is 0.317 e. The molecule has 2 amide bonds. The summed E-state index contributed by atoms with van der Waals surface area (Å²) in [4.78, 5) is 16.7. The van der Waals surface area contributed by atoms with Crippen LogP contribution in [-0.2, 0) is 6.54 Å². The fourth-order valence-electron chi connectivity index (χ4n) is 3.37. The van der Waals surface area contributed by atoms with E-state index in [0.717, 1.165) is 38.2 Å². The number of carbonyl (C=O) groups excluding carboxylic acids is 1. The summed E-state index contributed by atoms with van der Waals surface area (Å²) in [6, 6.07) is 14.7. The van der Waals surface area contributed by atoms with Gasteiger partial charge in [0.25, 0.3) is 0 Å². The third-order valence-electron chi connectivity index (χ3n) is 4.94. The number of likely N-dealkylation sites (tertiary alicyclic amines) is 1. The molecule has 1 fully saturated rings. The first-order valence-corrected chi connectivity index (χ1v) is 8.84. The first-order valence-electron chi connectivity index (χ1n) is 8.84. The summed E-state index contributed by atoms with van der Waals surface area (Å²) < 4.78 is 0. The van der Waals surface area contributed by atoms with Crippen molar-refractivity contribution in [2.45, 2.75) is 19.9 Å². The molecule has 0 spiro atoms. The second-order valence-corrected chi connectivity index (χ2v) is 6.80. The largest absolute Gasteiger partial charge is 0.334 e. The molecule has 0 bridgehead atoms. The van der Waals surface area contributed by atoms with Crippen molar-refractivity contribution in [2.24, 2.45) is 5.92 Å². The zero-order valence-electron chi connectivity index (χ0n) is 14.7. The molecule has 1 atom stereocenters. The molecule has 0 aliphatic carbocycles. The van der Waals surface area contributed by atoms with Crippen molar-refractivity contribution in [2.75, 3.05) is 33.2 Å². The van der Waals surface area contributed by atoms with Crippen LogP contribution in [0.1, 0.15) is 18.9 Å². The molecule has 0 saturated carbocycles. The highest BCUT2D eigenvalue weighted by Gasteiger charge is 2.26. The van der Waals surface area contributed by atoms with Crippen LogP contribution in [0.2, 0.25) is 0 Å². The highest BCUT2D eigenvalue weighted by Crippen LogP contribution is 2.18. The van der Waals surface area contributed by atoms with E-state index in [4.69, 9.17) is 0 Å². The van der Waals surface area contributed by atoms with Gasteiger partial charge in [-0.3, -0.25) is 0 Å². The van der Waals surface area contributed by atoms with Crippen molar-refractivity contribution in [3.05, 3.63) is 48.0 Å². The lowest BCUT2D eigenvalue weighted by Crippen LogP contribution is -2.38. The molecule has 2 aromatic carbocycles. The first kappa shape index (κ1) is 16.8. The van der Waals surface area contributed by atoms with Crippen molar-refractivity contribution in [1.82, 2.24) is 15.1 Å². The Morgan fingerprint density at radius 1 is 1.25 bits per heavy atom. The molecule has 1 heterocycles. The highest BCUT2D eigenvalue weighted by molar-refractivity contribution is 5.83. The molecule has 3 rings (SSSR count). The van der Waals surface area contributed by atoms with Gasteiger partial charge in [-0.05, 0) is 48.3 Å². The number of hydrogen-bond donors (Lipinski definition) is 1. The van der Waals surface area contributed by atoms with E-state index < -0.39 is 0 Å². The van der Waals surface area contributed by atoms with Crippen LogP contribution in [0.3, 0.4) is 0 Å². The Morgan fingerprint density at radius 2 is 2.04 bits per heavy atom. The van der Waals surface area contributed by atoms with E-state index in [0.29, 0.717) is 12.5 Å². The van der Waals surface area contributed by atoms with Crippen molar-refractivity contribution < 1.29 is 4.79 Å². The van der Waals surface area contributed by atoms with E-state index in [9.17, 15) is 4.79 Å². The van der Waals surface area contributed by atoms with Crippen LogP contribution < -0.4 is 5.32 Å². The molecule has 1 aliphatic rings. The zero-order valence-corrected chi connectivity index (χ0v) is 14.7. The summed E-state index contributed by atoms with van der Waals surface area (Å²) in [6.45, 7) is 6.62. The molecule has 1 aliphatic heterocycles. The second kappa shape index (κ2) is 7.67. The molecule has 128 valence electrons. The number of benzene rings is 2. The maximum Gasteiger partial charge on any atom is 0.317 e. The lowest BCUT2D eigenvalue weighted by atomic mass is 10.1. The predicted octanol–water partition coefficient (Wildman–Crippen LogP) is 3.32. The van der Waals surface area contributed by atoms with Crippen LogP contribution in [0.15, 0.2) is 42.5 Å². The van der Waals surface area contributed by atoms with Crippen molar-refractivity contribution in [1.29, 1.82) is 0 Å². The average molecular weight is 325 g/mol.